The second-order valence-electron chi connectivity index (χ2n) is 8.51. The molecule has 1 saturated heterocycles. The predicted octanol–water partition coefficient (Wildman–Crippen LogP) is 4.15. The maximum Gasteiger partial charge on any atom is 0.401 e. The van der Waals surface area contributed by atoms with E-state index in [-0.39, 0.29) is 6.04 Å². The Bertz CT molecular complexity index is 867. The van der Waals surface area contributed by atoms with Gasteiger partial charge in [0.2, 0.25) is 11.8 Å². The molecule has 1 aliphatic carbocycles. The average molecular weight is 466 g/mol. The SMILES string of the molecule is FC(F)(F)CN[C@H]1CC[C@H](COc2ccnc(Nc3ccc(N4CCOCC4)cc3)n2)CC1. The summed E-state index contributed by atoms with van der Waals surface area (Å²) in [5.41, 5.74) is 2.04. The van der Waals surface area contributed by atoms with Gasteiger partial charge < -0.3 is 25.0 Å². The minimum absolute atomic E-state index is 0.0765. The number of alkyl halides is 3. The Hall–Kier alpha value is -2.59. The molecule has 1 aromatic carbocycles. The fourth-order valence-electron chi connectivity index (χ4n) is 4.19. The second-order valence-corrected chi connectivity index (χ2v) is 8.51. The number of hydrogen-bond donors (Lipinski definition) is 2. The molecule has 0 unspecified atom stereocenters. The molecule has 2 aromatic rings. The molecule has 7 nitrogen and oxygen atoms in total. The highest BCUT2D eigenvalue weighted by molar-refractivity contribution is 5.59. The van der Waals surface area contributed by atoms with Crippen molar-refractivity contribution in [1.29, 1.82) is 0 Å². The molecule has 33 heavy (non-hydrogen) atoms. The highest BCUT2D eigenvalue weighted by atomic mass is 19.4. The van der Waals surface area contributed by atoms with E-state index < -0.39 is 12.7 Å². The van der Waals surface area contributed by atoms with Crippen molar-refractivity contribution in [2.45, 2.75) is 37.9 Å². The van der Waals surface area contributed by atoms with Gasteiger partial charge in [-0.3, -0.25) is 0 Å². The van der Waals surface area contributed by atoms with E-state index in [1.54, 1.807) is 12.3 Å². The summed E-state index contributed by atoms with van der Waals surface area (Å²) in [5, 5.41) is 5.80. The zero-order valence-corrected chi connectivity index (χ0v) is 18.5. The van der Waals surface area contributed by atoms with E-state index in [9.17, 15) is 13.2 Å². The Morgan fingerprint density at radius 1 is 1.03 bits per heavy atom. The molecule has 2 N–H and O–H groups in total. The smallest absolute Gasteiger partial charge is 0.401 e. The molecule has 0 bridgehead atoms. The quantitative estimate of drug-likeness (QED) is 0.607. The normalized spacial score (nSPS) is 21.6. The van der Waals surface area contributed by atoms with Crippen LogP contribution < -0.4 is 20.3 Å². The maximum atomic E-state index is 12.4. The monoisotopic (exact) mass is 465 g/mol. The van der Waals surface area contributed by atoms with Gasteiger partial charge in [-0.2, -0.15) is 18.2 Å². The molecule has 2 heterocycles. The van der Waals surface area contributed by atoms with E-state index in [4.69, 9.17) is 9.47 Å². The number of nitrogens with one attached hydrogen (secondary N) is 2. The molecule has 10 heteroatoms. The van der Waals surface area contributed by atoms with E-state index in [1.165, 1.54) is 0 Å². The molecular weight excluding hydrogens is 435 g/mol. The molecule has 2 fully saturated rings. The summed E-state index contributed by atoms with van der Waals surface area (Å²) in [6.45, 7) is 2.85. The molecule has 0 atom stereocenters. The van der Waals surface area contributed by atoms with Crippen LogP contribution in [0.25, 0.3) is 0 Å². The van der Waals surface area contributed by atoms with Gasteiger partial charge in [-0.25, -0.2) is 4.98 Å². The van der Waals surface area contributed by atoms with Gasteiger partial charge in [-0.15, -0.1) is 0 Å². The molecule has 0 spiro atoms. The number of benzene rings is 1. The number of halogens is 3. The standard InChI is InChI=1S/C23H30F3N5O2/c24-23(25,26)16-28-18-3-1-17(2-4-18)15-33-21-9-10-27-22(30-21)29-19-5-7-20(8-6-19)31-11-13-32-14-12-31/h5-10,17-18,28H,1-4,11-16H2,(H,27,29,30)/t17-,18-. The van der Waals surface area contributed by atoms with E-state index >= 15 is 0 Å². The van der Waals surface area contributed by atoms with Crippen molar-refractivity contribution in [2.24, 2.45) is 5.92 Å². The molecule has 4 rings (SSSR count). The summed E-state index contributed by atoms with van der Waals surface area (Å²) in [5.74, 6) is 1.24. The van der Waals surface area contributed by atoms with Crippen LogP contribution in [-0.2, 0) is 4.74 Å². The van der Waals surface area contributed by atoms with Gasteiger partial charge in [-0.05, 0) is 55.9 Å². The fraction of sp³-hybridized carbons (Fsp3) is 0.565. The highest BCUT2D eigenvalue weighted by Gasteiger charge is 2.29. The number of rotatable bonds is 8. The largest absolute Gasteiger partial charge is 0.477 e. The minimum Gasteiger partial charge on any atom is -0.477 e. The first-order valence-electron chi connectivity index (χ1n) is 11.4. The van der Waals surface area contributed by atoms with E-state index in [1.807, 2.05) is 12.1 Å². The van der Waals surface area contributed by atoms with Crippen molar-refractivity contribution in [3.05, 3.63) is 36.5 Å². The lowest BCUT2D eigenvalue weighted by Crippen LogP contribution is -2.39. The van der Waals surface area contributed by atoms with Crippen LogP contribution in [0.4, 0.5) is 30.5 Å². The first-order valence-corrected chi connectivity index (χ1v) is 11.4. The number of aromatic nitrogens is 2. The van der Waals surface area contributed by atoms with Gasteiger partial charge in [0.25, 0.3) is 0 Å². The summed E-state index contributed by atoms with van der Waals surface area (Å²) in [6.07, 6.45) is 0.596. The summed E-state index contributed by atoms with van der Waals surface area (Å²) in [4.78, 5) is 11.0. The molecular formula is C23H30F3N5O2. The first-order chi connectivity index (χ1) is 15.9. The summed E-state index contributed by atoms with van der Waals surface area (Å²) in [7, 11) is 0. The number of hydrogen-bond acceptors (Lipinski definition) is 7. The number of anilines is 3. The van der Waals surface area contributed by atoms with Gasteiger partial charge in [-0.1, -0.05) is 0 Å². The molecule has 1 aromatic heterocycles. The van der Waals surface area contributed by atoms with Crippen molar-refractivity contribution in [3.63, 3.8) is 0 Å². The lowest BCUT2D eigenvalue weighted by atomic mass is 9.86. The predicted molar refractivity (Wildman–Crippen MR) is 120 cm³/mol. The van der Waals surface area contributed by atoms with Gasteiger partial charge >= 0.3 is 6.18 Å². The van der Waals surface area contributed by atoms with Gasteiger partial charge in [0, 0.05) is 42.8 Å². The second kappa shape index (κ2) is 11.0. The molecule has 0 radical (unpaired) electrons. The Morgan fingerprint density at radius 3 is 2.45 bits per heavy atom. The summed E-state index contributed by atoms with van der Waals surface area (Å²) >= 11 is 0. The van der Waals surface area contributed by atoms with Crippen LogP contribution in [0.15, 0.2) is 36.5 Å². The third kappa shape index (κ3) is 7.46. The van der Waals surface area contributed by atoms with E-state index in [2.05, 4.69) is 37.6 Å². The van der Waals surface area contributed by atoms with E-state index in [0.717, 1.165) is 63.4 Å². The molecule has 2 aliphatic rings. The number of nitrogens with zero attached hydrogens (tertiary/aromatic N) is 3. The Morgan fingerprint density at radius 2 is 1.76 bits per heavy atom. The van der Waals surface area contributed by atoms with Gasteiger partial charge in [0.05, 0.1) is 26.4 Å². The lowest BCUT2D eigenvalue weighted by Gasteiger charge is -2.29. The lowest BCUT2D eigenvalue weighted by molar-refractivity contribution is -0.126. The van der Waals surface area contributed by atoms with Gasteiger partial charge in [0.15, 0.2) is 0 Å². The van der Waals surface area contributed by atoms with Crippen molar-refractivity contribution >= 4 is 17.3 Å². The first kappa shape index (κ1) is 23.6. The van der Waals surface area contributed by atoms with Crippen molar-refractivity contribution in [3.8, 4) is 5.88 Å². The fourth-order valence-corrected chi connectivity index (χ4v) is 4.19. The highest BCUT2D eigenvalue weighted by Crippen LogP contribution is 2.26. The summed E-state index contributed by atoms with van der Waals surface area (Å²) in [6, 6.07) is 9.75. The van der Waals surface area contributed by atoms with Crippen LogP contribution in [0, 0.1) is 5.92 Å². The molecule has 1 saturated carbocycles. The molecule has 1 aliphatic heterocycles. The number of ether oxygens (including phenoxy) is 2. The molecule has 180 valence electrons. The van der Waals surface area contributed by atoms with Crippen LogP contribution in [0.2, 0.25) is 0 Å². The average Bonchev–Trinajstić information content (AvgIpc) is 2.83. The van der Waals surface area contributed by atoms with Crippen LogP contribution >= 0.6 is 0 Å². The zero-order chi connectivity index (χ0) is 23.1. The summed E-state index contributed by atoms with van der Waals surface area (Å²) < 4.78 is 48.3. The van der Waals surface area contributed by atoms with Crippen molar-refractivity contribution in [2.75, 3.05) is 49.7 Å². The topological polar surface area (TPSA) is 71.5 Å². The third-order valence-corrected chi connectivity index (χ3v) is 6.03. The maximum absolute atomic E-state index is 12.4. The Labute approximate surface area is 191 Å². The zero-order valence-electron chi connectivity index (χ0n) is 18.5. The minimum atomic E-state index is -4.16. The van der Waals surface area contributed by atoms with Crippen LogP contribution in [-0.4, -0.2) is 61.6 Å². The van der Waals surface area contributed by atoms with E-state index in [0.29, 0.717) is 24.4 Å². The van der Waals surface area contributed by atoms with Crippen LogP contribution in [0.5, 0.6) is 5.88 Å². The van der Waals surface area contributed by atoms with Crippen molar-refractivity contribution < 1.29 is 22.6 Å². The molecule has 0 amide bonds. The van der Waals surface area contributed by atoms with Gasteiger partial charge in [0.1, 0.15) is 0 Å². The Kier molecular flexibility index (Phi) is 7.87. The Balaban J connectivity index is 1.22. The van der Waals surface area contributed by atoms with Crippen molar-refractivity contribution in [1.82, 2.24) is 15.3 Å². The van der Waals surface area contributed by atoms with Crippen LogP contribution in [0.1, 0.15) is 25.7 Å². The third-order valence-electron chi connectivity index (χ3n) is 6.03. The van der Waals surface area contributed by atoms with Crippen LogP contribution in [0.3, 0.4) is 0 Å². The number of morpholine rings is 1.